The average Bonchev–Trinajstić information content (AvgIpc) is 2.31. The number of aryl methyl sites for hydroxylation is 1. The quantitative estimate of drug-likeness (QED) is 0.859. The van der Waals surface area contributed by atoms with E-state index in [1.54, 1.807) is 6.92 Å². The van der Waals surface area contributed by atoms with Crippen LogP contribution in [0.2, 0.25) is 5.15 Å². The molecule has 2 aromatic rings. The molecule has 0 saturated carbocycles. The van der Waals surface area contributed by atoms with Crippen molar-refractivity contribution in [3.05, 3.63) is 58.1 Å². The number of hydrogen-bond donors (Lipinski definition) is 1. The number of hydrogen-bond acceptors (Lipinski definition) is 2. The monoisotopic (exact) mass is 300 g/mol. The number of rotatable bonds is 2. The van der Waals surface area contributed by atoms with E-state index in [2.05, 4.69) is 10.3 Å². The molecule has 0 unspecified atom stereocenters. The highest BCUT2D eigenvalue weighted by molar-refractivity contribution is 6.29. The fourth-order valence-electron chi connectivity index (χ4n) is 1.61. The van der Waals surface area contributed by atoms with Crippen molar-refractivity contribution in [2.24, 2.45) is 0 Å². The van der Waals surface area contributed by atoms with Crippen LogP contribution in [0.15, 0.2) is 24.3 Å². The number of benzene rings is 1. The van der Waals surface area contributed by atoms with Gasteiger partial charge < -0.3 is 5.32 Å². The summed E-state index contributed by atoms with van der Waals surface area (Å²) in [5.74, 6) is -4.69. The highest BCUT2D eigenvalue weighted by atomic mass is 35.5. The first-order valence-electron chi connectivity index (χ1n) is 5.47. The molecule has 3 nitrogen and oxygen atoms in total. The van der Waals surface area contributed by atoms with Gasteiger partial charge in [-0.1, -0.05) is 11.6 Å². The van der Waals surface area contributed by atoms with Crippen molar-refractivity contribution in [2.75, 3.05) is 5.32 Å². The summed E-state index contributed by atoms with van der Waals surface area (Å²) < 4.78 is 39.7. The van der Waals surface area contributed by atoms with Gasteiger partial charge in [0.1, 0.15) is 28.2 Å². The van der Waals surface area contributed by atoms with E-state index in [0.717, 1.165) is 0 Å². The van der Waals surface area contributed by atoms with E-state index in [1.807, 2.05) is 0 Å². The molecule has 0 radical (unpaired) electrons. The highest BCUT2D eigenvalue weighted by Gasteiger charge is 2.19. The first kappa shape index (κ1) is 14.3. The lowest BCUT2D eigenvalue weighted by Gasteiger charge is -2.09. The molecule has 0 bridgehead atoms. The lowest BCUT2D eigenvalue weighted by Crippen LogP contribution is -2.17. The minimum atomic E-state index is -1.28. The average molecular weight is 301 g/mol. The van der Waals surface area contributed by atoms with Crippen LogP contribution in [-0.4, -0.2) is 10.9 Å². The largest absolute Gasteiger partial charge is 0.320 e. The van der Waals surface area contributed by atoms with Crippen molar-refractivity contribution in [1.82, 2.24) is 4.98 Å². The molecule has 0 fully saturated rings. The van der Waals surface area contributed by atoms with Gasteiger partial charge in [-0.05, 0) is 19.1 Å². The maximum Gasteiger partial charge on any atom is 0.261 e. The molecular formula is C13H8ClF3N2O. The second-order valence-electron chi connectivity index (χ2n) is 3.97. The first-order chi connectivity index (χ1) is 9.38. The van der Waals surface area contributed by atoms with Crippen molar-refractivity contribution in [2.45, 2.75) is 6.92 Å². The predicted molar refractivity (Wildman–Crippen MR) is 68.3 cm³/mol. The molecule has 7 heteroatoms. The molecule has 0 spiro atoms. The molecule has 1 amide bonds. The van der Waals surface area contributed by atoms with Crippen LogP contribution in [0, 0.1) is 24.4 Å². The van der Waals surface area contributed by atoms with Crippen LogP contribution in [0.4, 0.5) is 18.9 Å². The van der Waals surface area contributed by atoms with E-state index in [-0.39, 0.29) is 10.8 Å². The molecule has 0 atom stereocenters. The number of carbonyl (C=O) groups excluding carboxylic acids is 1. The van der Waals surface area contributed by atoms with E-state index in [1.165, 1.54) is 12.1 Å². The van der Waals surface area contributed by atoms with Crippen LogP contribution < -0.4 is 5.32 Å². The van der Waals surface area contributed by atoms with Crippen LogP contribution in [0.25, 0.3) is 0 Å². The van der Waals surface area contributed by atoms with Gasteiger partial charge in [-0.15, -0.1) is 0 Å². The Labute approximate surface area is 117 Å². The summed E-state index contributed by atoms with van der Waals surface area (Å²) in [7, 11) is 0. The van der Waals surface area contributed by atoms with Gasteiger partial charge in [0.2, 0.25) is 0 Å². The van der Waals surface area contributed by atoms with Crippen LogP contribution in [0.1, 0.15) is 16.1 Å². The van der Waals surface area contributed by atoms with Crippen molar-refractivity contribution in [3.8, 4) is 0 Å². The Morgan fingerprint density at radius 3 is 2.35 bits per heavy atom. The Bertz CT molecular complexity index is 668. The van der Waals surface area contributed by atoms with Gasteiger partial charge in [-0.2, -0.15) is 0 Å². The van der Waals surface area contributed by atoms with Crippen molar-refractivity contribution in [3.63, 3.8) is 0 Å². The molecule has 1 aromatic heterocycles. The van der Waals surface area contributed by atoms with Gasteiger partial charge in [-0.25, -0.2) is 18.2 Å². The number of anilines is 1. The zero-order valence-corrected chi connectivity index (χ0v) is 10.9. The van der Waals surface area contributed by atoms with E-state index in [0.29, 0.717) is 17.8 Å². The van der Waals surface area contributed by atoms with Crippen LogP contribution >= 0.6 is 11.6 Å². The molecule has 1 aromatic carbocycles. The Morgan fingerprint density at radius 2 is 1.80 bits per heavy atom. The topological polar surface area (TPSA) is 42.0 Å². The number of amides is 1. The summed E-state index contributed by atoms with van der Waals surface area (Å²) in [6.45, 7) is 1.57. The molecule has 1 N–H and O–H groups in total. The van der Waals surface area contributed by atoms with Gasteiger partial charge in [0.05, 0.1) is 11.4 Å². The third-order valence-corrected chi connectivity index (χ3v) is 2.74. The Hall–Kier alpha value is -2.08. The standard InChI is InChI=1S/C13H8ClF3N2O/c1-6-10(2-3-11(14)18-6)19-13(20)12-8(16)4-7(15)5-9(12)17/h2-5H,1H3,(H,19,20). The van der Waals surface area contributed by atoms with Crippen LogP contribution in [0.5, 0.6) is 0 Å². The normalized spacial score (nSPS) is 10.4. The van der Waals surface area contributed by atoms with Crippen molar-refractivity contribution in [1.29, 1.82) is 0 Å². The van der Waals surface area contributed by atoms with Gasteiger partial charge in [-0.3, -0.25) is 4.79 Å². The molecule has 0 aliphatic carbocycles. The molecule has 0 aliphatic heterocycles. The summed E-state index contributed by atoms with van der Waals surface area (Å²) >= 11 is 5.65. The van der Waals surface area contributed by atoms with Gasteiger partial charge in [0, 0.05) is 12.1 Å². The maximum absolute atomic E-state index is 13.5. The lowest BCUT2D eigenvalue weighted by molar-refractivity contribution is 0.101. The zero-order chi connectivity index (χ0) is 14.9. The summed E-state index contributed by atoms with van der Waals surface area (Å²) in [5.41, 5.74) is -0.225. The molecule has 0 saturated heterocycles. The molecule has 0 aliphatic rings. The van der Waals surface area contributed by atoms with Gasteiger partial charge in [0.25, 0.3) is 5.91 Å². The summed E-state index contributed by atoms with van der Waals surface area (Å²) in [6.07, 6.45) is 0. The Morgan fingerprint density at radius 1 is 1.20 bits per heavy atom. The molecule has 2 rings (SSSR count). The lowest BCUT2D eigenvalue weighted by atomic mass is 10.1. The summed E-state index contributed by atoms with van der Waals surface area (Å²) in [5, 5.41) is 2.51. The maximum atomic E-state index is 13.5. The van der Waals surface area contributed by atoms with E-state index < -0.39 is 28.9 Å². The zero-order valence-electron chi connectivity index (χ0n) is 10.2. The van der Waals surface area contributed by atoms with E-state index >= 15 is 0 Å². The smallest absolute Gasteiger partial charge is 0.261 e. The molecule has 20 heavy (non-hydrogen) atoms. The highest BCUT2D eigenvalue weighted by Crippen LogP contribution is 2.19. The second-order valence-corrected chi connectivity index (χ2v) is 4.35. The second kappa shape index (κ2) is 5.50. The number of carbonyl (C=O) groups is 1. The third-order valence-electron chi connectivity index (χ3n) is 2.53. The Balaban J connectivity index is 2.33. The Kier molecular flexibility index (Phi) is 3.94. The van der Waals surface area contributed by atoms with Gasteiger partial charge >= 0.3 is 0 Å². The van der Waals surface area contributed by atoms with Gasteiger partial charge in [0.15, 0.2) is 0 Å². The number of nitrogens with one attached hydrogen (secondary N) is 1. The number of aromatic nitrogens is 1. The SMILES string of the molecule is Cc1nc(Cl)ccc1NC(=O)c1c(F)cc(F)cc1F. The number of nitrogens with zero attached hydrogens (tertiary/aromatic N) is 1. The van der Waals surface area contributed by atoms with Crippen molar-refractivity contribution >= 4 is 23.2 Å². The van der Waals surface area contributed by atoms with Crippen molar-refractivity contribution < 1.29 is 18.0 Å². The predicted octanol–water partition coefficient (Wildman–Crippen LogP) is 3.71. The minimum absolute atomic E-state index is 0.222. The van der Waals surface area contributed by atoms with E-state index in [4.69, 9.17) is 11.6 Å². The van der Waals surface area contributed by atoms with Crippen LogP contribution in [0.3, 0.4) is 0 Å². The van der Waals surface area contributed by atoms with E-state index in [9.17, 15) is 18.0 Å². The molecule has 104 valence electrons. The summed E-state index contributed by atoms with van der Waals surface area (Å²) in [6, 6.07) is 3.74. The third kappa shape index (κ3) is 2.91. The molecule has 1 heterocycles. The fraction of sp³-hybridized carbons (Fsp3) is 0.0769. The fourth-order valence-corrected chi connectivity index (χ4v) is 1.80. The molecular weight excluding hydrogens is 293 g/mol. The number of pyridine rings is 1. The minimum Gasteiger partial charge on any atom is -0.320 e. The van der Waals surface area contributed by atoms with Crippen LogP contribution in [-0.2, 0) is 0 Å². The first-order valence-corrected chi connectivity index (χ1v) is 5.85. The number of halogens is 4. The summed E-state index contributed by atoms with van der Waals surface area (Å²) in [4.78, 5) is 15.7.